The van der Waals surface area contributed by atoms with E-state index in [2.05, 4.69) is 56.8 Å². The summed E-state index contributed by atoms with van der Waals surface area (Å²) in [6, 6.07) is 0. The molecule has 0 aliphatic heterocycles. The van der Waals surface area contributed by atoms with E-state index in [1.165, 1.54) is 0 Å². The van der Waals surface area contributed by atoms with E-state index in [0.717, 1.165) is 7.42 Å². The maximum atomic E-state index is 4.15. The van der Waals surface area contributed by atoms with Crippen molar-refractivity contribution in [3.63, 3.8) is 0 Å². The Balaban J connectivity index is 4.11. The van der Waals surface area contributed by atoms with Gasteiger partial charge in [0, 0.05) is 0 Å². The highest BCUT2D eigenvalue weighted by atomic mass is 127. The van der Waals surface area contributed by atoms with E-state index >= 15 is 0 Å². The Kier molecular flexibility index (Phi) is 5.77. The second-order valence-corrected chi connectivity index (χ2v) is 3.46. The SMILES string of the molecule is C=C/C(I)=N\C(I)=C/C. The Labute approximate surface area is 82.6 Å². The zero-order chi connectivity index (χ0) is 7.28. The van der Waals surface area contributed by atoms with Crippen LogP contribution < -0.4 is 0 Å². The maximum absolute atomic E-state index is 4.15. The zero-order valence-electron chi connectivity index (χ0n) is 5.06. The normalized spacial score (nSPS) is 13.7. The fraction of sp³-hybridized carbons (Fsp3) is 0.167. The van der Waals surface area contributed by atoms with Gasteiger partial charge in [-0.25, -0.2) is 4.99 Å². The van der Waals surface area contributed by atoms with E-state index in [9.17, 15) is 0 Å². The van der Waals surface area contributed by atoms with E-state index in [1.54, 1.807) is 6.08 Å². The zero-order valence-corrected chi connectivity index (χ0v) is 9.38. The van der Waals surface area contributed by atoms with Gasteiger partial charge < -0.3 is 0 Å². The molecule has 0 aromatic heterocycles. The monoisotopic (exact) mass is 347 g/mol. The molecule has 0 heterocycles. The summed E-state index contributed by atoms with van der Waals surface area (Å²) >= 11 is 4.30. The van der Waals surface area contributed by atoms with Crippen LogP contribution in [-0.2, 0) is 0 Å². The number of hydrogen-bond donors (Lipinski definition) is 0. The summed E-state index contributed by atoms with van der Waals surface area (Å²) < 4.78 is 1.92. The van der Waals surface area contributed by atoms with Crippen molar-refractivity contribution in [3.8, 4) is 0 Å². The van der Waals surface area contributed by atoms with Crippen LogP contribution in [-0.4, -0.2) is 3.72 Å². The molecule has 0 aromatic rings. The molecule has 0 aromatic carbocycles. The van der Waals surface area contributed by atoms with Gasteiger partial charge in [-0.3, -0.25) is 0 Å². The van der Waals surface area contributed by atoms with Gasteiger partial charge in [-0.05, 0) is 58.2 Å². The van der Waals surface area contributed by atoms with Crippen molar-refractivity contribution in [1.82, 2.24) is 0 Å². The van der Waals surface area contributed by atoms with Gasteiger partial charge in [0.2, 0.25) is 0 Å². The van der Waals surface area contributed by atoms with Crippen molar-refractivity contribution < 1.29 is 0 Å². The van der Waals surface area contributed by atoms with Crippen LogP contribution in [0.15, 0.2) is 27.4 Å². The first-order chi connectivity index (χ1) is 4.20. The molecule has 0 atom stereocenters. The van der Waals surface area contributed by atoms with Crippen molar-refractivity contribution in [2.75, 3.05) is 0 Å². The molecule has 0 radical (unpaired) electrons. The minimum atomic E-state index is 0.926. The first-order valence-electron chi connectivity index (χ1n) is 2.39. The Bertz CT molecular complexity index is 158. The van der Waals surface area contributed by atoms with Crippen molar-refractivity contribution in [1.29, 1.82) is 0 Å². The van der Waals surface area contributed by atoms with Gasteiger partial charge in [0.25, 0.3) is 0 Å². The number of nitrogens with zero attached hydrogens (tertiary/aromatic N) is 1. The van der Waals surface area contributed by atoms with Gasteiger partial charge in [0.15, 0.2) is 0 Å². The van der Waals surface area contributed by atoms with E-state index < -0.39 is 0 Å². The molecule has 0 rings (SSSR count). The molecule has 0 saturated carbocycles. The van der Waals surface area contributed by atoms with Crippen molar-refractivity contribution >= 4 is 48.9 Å². The third kappa shape index (κ3) is 5.07. The lowest BCUT2D eigenvalue weighted by Crippen LogP contribution is -1.74. The first-order valence-corrected chi connectivity index (χ1v) is 4.55. The van der Waals surface area contributed by atoms with Crippen LogP contribution in [0.5, 0.6) is 0 Å². The Morgan fingerprint density at radius 2 is 2.11 bits per heavy atom. The van der Waals surface area contributed by atoms with Gasteiger partial charge in [-0.1, -0.05) is 12.7 Å². The number of halogens is 2. The highest BCUT2D eigenvalue weighted by Gasteiger charge is 1.84. The lowest BCUT2D eigenvalue weighted by Gasteiger charge is -1.86. The minimum Gasteiger partial charge on any atom is -0.236 e. The number of rotatable bonds is 2. The summed E-state index contributed by atoms with van der Waals surface area (Å²) in [6.07, 6.45) is 3.67. The van der Waals surface area contributed by atoms with Crippen LogP contribution in [0.25, 0.3) is 0 Å². The van der Waals surface area contributed by atoms with Gasteiger partial charge in [-0.15, -0.1) is 0 Å². The maximum Gasteiger partial charge on any atom is 0.102 e. The smallest absolute Gasteiger partial charge is 0.102 e. The molecule has 0 aliphatic rings. The summed E-state index contributed by atoms with van der Waals surface area (Å²) in [4.78, 5) is 4.15. The third-order valence-electron chi connectivity index (χ3n) is 0.620. The molecule has 0 saturated heterocycles. The summed E-state index contributed by atoms with van der Waals surface area (Å²) in [5.74, 6) is 0. The van der Waals surface area contributed by atoms with Gasteiger partial charge in [0.05, 0.1) is 3.70 Å². The lowest BCUT2D eigenvalue weighted by molar-refractivity contribution is 1.53. The van der Waals surface area contributed by atoms with E-state index in [0.29, 0.717) is 0 Å². The molecular formula is C6H7I2N. The van der Waals surface area contributed by atoms with Crippen molar-refractivity contribution in [2.45, 2.75) is 6.92 Å². The molecule has 0 aliphatic carbocycles. The van der Waals surface area contributed by atoms with E-state index in [1.807, 2.05) is 13.0 Å². The predicted octanol–water partition coefficient (Wildman–Crippen LogP) is 3.30. The highest BCUT2D eigenvalue weighted by molar-refractivity contribution is 14.1. The highest BCUT2D eigenvalue weighted by Crippen LogP contribution is 2.09. The van der Waals surface area contributed by atoms with Gasteiger partial charge >= 0.3 is 0 Å². The van der Waals surface area contributed by atoms with Crippen LogP contribution in [0.4, 0.5) is 0 Å². The second-order valence-electron chi connectivity index (χ2n) is 1.25. The molecule has 9 heavy (non-hydrogen) atoms. The number of hydrogen-bond acceptors (Lipinski definition) is 1. The van der Waals surface area contributed by atoms with Crippen LogP contribution >= 0.6 is 45.2 Å². The van der Waals surface area contributed by atoms with Crippen LogP contribution in [0.2, 0.25) is 0 Å². The van der Waals surface area contributed by atoms with Crippen LogP contribution in [0.3, 0.4) is 0 Å². The molecule has 0 spiro atoms. The summed E-state index contributed by atoms with van der Waals surface area (Å²) in [7, 11) is 0. The average Bonchev–Trinajstić information content (AvgIpc) is 1.87. The average molecular weight is 347 g/mol. The van der Waals surface area contributed by atoms with E-state index in [-0.39, 0.29) is 0 Å². The number of aliphatic imine (C=N–C) groups is 1. The minimum absolute atomic E-state index is 0.926. The quantitative estimate of drug-likeness (QED) is 0.413. The molecule has 0 N–H and O–H groups in total. The third-order valence-corrected chi connectivity index (χ3v) is 2.17. The fourth-order valence-corrected chi connectivity index (χ4v) is 1.19. The van der Waals surface area contributed by atoms with Crippen LogP contribution in [0.1, 0.15) is 6.92 Å². The summed E-state index contributed by atoms with van der Waals surface area (Å²) in [6.45, 7) is 5.54. The predicted molar refractivity (Wildman–Crippen MR) is 59.4 cm³/mol. The number of allylic oxidation sites excluding steroid dienone is 2. The van der Waals surface area contributed by atoms with Gasteiger partial charge in [-0.2, -0.15) is 0 Å². The molecule has 3 heteroatoms. The largest absolute Gasteiger partial charge is 0.236 e. The molecule has 0 fully saturated rings. The standard InChI is InChI=1S/C6H7I2N/c1-3-5(7)9-6(8)4-2/h3-4H,1H2,2H3/b6-4-,9-5+. The Morgan fingerprint density at radius 3 is 2.44 bits per heavy atom. The van der Waals surface area contributed by atoms with E-state index in [4.69, 9.17) is 0 Å². The molecule has 0 amide bonds. The van der Waals surface area contributed by atoms with Crippen LogP contribution in [0, 0.1) is 0 Å². The van der Waals surface area contributed by atoms with Crippen molar-refractivity contribution in [2.24, 2.45) is 4.99 Å². The first kappa shape index (κ1) is 9.61. The topological polar surface area (TPSA) is 12.4 Å². The van der Waals surface area contributed by atoms with Gasteiger partial charge in [0.1, 0.15) is 3.72 Å². The molecular weight excluding hydrogens is 340 g/mol. The summed E-state index contributed by atoms with van der Waals surface area (Å²) in [5, 5.41) is 0. The fourth-order valence-electron chi connectivity index (χ4n) is 0.212. The molecule has 50 valence electrons. The second kappa shape index (κ2) is 5.40. The molecule has 0 unspecified atom stereocenters. The Morgan fingerprint density at radius 1 is 1.56 bits per heavy atom. The molecule has 1 nitrogen and oxygen atoms in total. The Hall–Kier alpha value is 0.610. The lowest BCUT2D eigenvalue weighted by atomic mass is 10.7. The van der Waals surface area contributed by atoms with Crippen molar-refractivity contribution in [3.05, 3.63) is 22.4 Å². The molecule has 0 bridgehead atoms. The summed E-state index contributed by atoms with van der Waals surface area (Å²) in [5.41, 5.74) is 0.